The zero-order valence-corrected chi connectivity index (χ0v) is 17.3. The smallest absolute Gasteiger partial charge is 0.357 e. The van der Waals surface area contributed by atoms with Crippen LogP contribution in [0.4, 0.5) is 0 Å². The SMILES string of the molecule is O=C(OCc1coc(-c2cccs2)n1)/C(=C/c1ccco1)n1nnnc1-c1ccccc1. The van der Waals surface area contributed by atoms with Crippen LogP contribution in [0.15, 0.2) is 81.3 Å². The van der Waals surface area contributed by atoms with Gasteiger partial charge in [-0.1, -0.05) is 36.4 Å². The van der Waals surface area contributed by atoms with E-state index in [2.05, 4.69) is 20.5 Å². The van der Waals surface area contributed by atoms with Crippen LogP contribution in [0.25, 0.3) is 33.9 Å². The Morgan fingerprint density at radius 1 is 1.09 bits per heavy atom. The van der Waals surface area contributed by atoms with E-state index in [0.717, 1.165) is 10.4 Å². The van der Waals surface area contributed by atoms with Gasteiger partial charge in [0.15, 0.2) is 11.5 Å². The molecule has 32 heavy (non-hydrogen) atoms. The number of hydrogen-bond acceptors (Lipinski definition) is 9. The fraction of sp³-hybridized carbons (Fsp3) is 0.0455. The number of furan rings is 1. The van der Waals surface area contributed by atoms with Crippen molar-refractivity contribution < 1.29 is 18.4 Å². The number of carbonyl (C=O) groups is 1. The first-order valence-electron chi connectivity index (χ1n) is 9.53. The van der Waals surface area contributed by atoms with Crippen molar-refractivity contribution in [2.24, 2.45) is 0 Å². The number of thiophene rings is 1. The standard InChI is InChI=1S/C22H15N5O4S/c28-22(31-14-16-13-30-21(23-16)19-9-5-11-32-19)18(12-17-8-4-10-29-17)27-20(24-25-26-27)15-6-2-1-3-7-15/h1-13H,14H2/b18-12-. The second kappa shape index (κ2) is 8.82. The molecule has 4 heterocycles. The second-order valence-electron chi connectivity index (χ2n) is 6.52. The number of hydrogen-bond donors (Lipinski definition) is 0. The molecule has 0 N–H and O–H groups in total. The molecular formula is C22H15N5O4S. The van der Waals surface area contributed by atoms with Crippen LogP contribution in [0.2, 0.25) is 0 Å². The van der Waals surface area contributed by atoms with Crippen LogP contribution in [-0.4, -0.2) is 31.2 Å². The number of benzene rings is 1. The lowest BCUT2D eigenvalue weighted by molar-refractivity contribution is -0.138. The maximum atomic E-state index is 13.1. The topological polar surface area (TPSA) is 109 Å². The number of oxazole rings is 1. The highest BCUT2D eigenvalue weighted by Gasteiger charge is 2.22. The summed E-state index contributed by atoms with van der Waals surface area (Å²) in [5, 5.41) is 13.7. The Labute approximate surface area is 185 Å². The molecule has 0 bridgehead atoms. The summed E-state index contributed by atoms with van der Waals surface area (Å²) in [5.41, 5.74) is 1.32. The molecule has 0 unspecified atom stereocenters. The first-order chi connectivity index (χ1) is 15.8. The maximum absolute atomic E-state index is 13.1. The van der Waals surface area contributed by atoms with Crippen LogP contribution in [0, 0.1) is 0 Å². The van der Waals surface area contributed by atoms with Gasteiger partial charge in [0.25, 0.3) is 0 Å². The predicted molar refractivity (Wildman–Crippen MR) is 116 cm³/mol. The fourth-order valence-corrected chi connectivity index (χ4v) is 3.59. The molecule has 158 valence electrons. The van der Waals surface area contributed by atoms with E-state index in [0.29, 0.717) is 23.2 Å². The average Bonchev–Trinajstić information content (AvgIpc) is 3.64. The Bertz CT molecular complexity index is 1340. The predicted octanol–water partition coefficient (Wildman–Crippen LogP) is 4.39. The highest BCUT2D eigenvalue weighted by Crippen LogP contribution is 2.25. The number of nitrogens with zero attached hydrogens (tertiary/aromatic N) is 5. The van der Waals surface area contributed by atoms with Gasteiger partial charge in [0.05, 0.1) is 11.1 Å². The van der Waals surface area contributed by atoms with Crippen LogP contribution < -0.4 is 0 Å². The summed E-state index contributed by atoms with van der Waals surface area (Å²) in [5.74, 6) is 0.672. The Morgan fingerprint density at radius 3 is 2.78 bits per heavy atom. The van der Waals surface area contributed by atoms with Gasteiger partial charge in [0, 0.05) is 11.6 Å². The number of tetrazole rings is 1. The number of carbonyl (C=O) groups excluding carboxylic acids is 1. The minimum absolute atomic E-state index is 0.0774. The highest BCUT2D eigenvalue weighted by atomic mass is 32.1. The average molecular weight is 445 g/mol. The van der Waals surface area contributed by atoms with E-state index in [1.54, 1.807) is 12.1 Å². The Kier molecular flexibility index (Phi) is 5.41. The molecule has 5 rings (SSSR count). The summed E-state index contributed by atoms with van der Waals surface area (Å²) >= 11 is 1.51. The molecule has 0 fully saturated rings. The van der Waals surface area contributed by atoms with E-state index in [4.69, 9.17) is 13.6 Å². The third-order valence-corrected chi connectivity index (χ3v) is 5.25. The van der Waals surface area contributed by atoms with Gasteiger partial charge in [0.2, 0.25) is 5.89 Å². The molecule has 0 saturated heterocycles. The van der Waals surface area contributed by atoms with Crippen molar-refractivity contribution in [3.63, 3.8) is 0 Å². The van der Waals surface area contributed by atoms with Crippen molar-refractivity contribution in [1.29, 1.82) is 0 Å². The van der Waals surface area contributed by atoms with E-state index in [1.165, 1.54) is 34.6 Å². The van der Waals surface area contributed by atoms with Gasteiger partial charge in [-0.3, -0.25) is 0 Å². The summed E-state index contributed by atoms with van der Waals surface area (Å²) in [4.78, 5) is 18.3. The van der Waals surface area contributed by atoms with E-state index in [1.807, 2.05) is 47.8 Å². The molecule has 0 radical (unpaired) electrons. The van der Waals surface area contributed by atoms with Crippen LogP contribution in [0.5, 0.6) is 0 Å². The molecule has 0 spiro atoms. The van der Waals surface area contributed by atoms with E-state index < -0.39 is 5.97 Å². The molecule has 0 atom stereocenters. The van der Waals surface area contributed by atoms with Gasteiger partial charge in [-0.05, 0) is 34.0 Å². The van der Waals surface area contributed by atoms with Crippen molar-refractivity contribution in [1.82, 2.24) is 25.2 Å². The van der Waals surface area contributed by atoms with Crippen molar-refractivity contribution in [3.05, 3.63) is 84.0 Å². The summed E-state index contributed by atoms with van der Waals surface area (Å²) in [6.07, 6.45) is 4.49. The van der Waals surface area contributed by atoms with Crippen LogP contribution >= 0.6 is 11.3 Å². The van der Waals surface area contributed by atoms with Gasteiger partial charge in [-0.15, -0.1) is 16.4 Å². The summed E-state index contributed by atoms with van der Waals surface area (Å²) in [7, 11) is 0. The van der Waals surface area contributed by atoms with Gasteiger partial charge in [-0.25, -0.2) is 9.78 Å². The minimum Gasteiger partial charge on any atom is -0.465 e. The minimum atomic E-state index is -0.647. The third kappa shape index (κ3) is 4.12. The first-order valence-corrected chi connectivity index (χ1v) is 10.4. The third-order valence-electron chi connectivity index (χ3n) is 4.40. The molecular weight excluding hydrogens is 430 g/mol. The Morgan fingerprint density at radius 2 is 2.00 bits per heavy atom. The Balaban J connectivity index is 1.41. The normalized spacial score (nSPS) is 11.6. The molecule has 9 nitrogen and oxygen atoms in total. The number of rotatable bonds is 7. The molecule has 0 saturated carbocycles. The molecule has 0 aliphatic rings. The fourth-order valence-electron chi connectivity index (χ4n) is 2.93. The summed E-state index contributed by atoms with van der Waals surface area (Å²) in [6, 6.07) is 16.5. The lowest BCUT2D eigenvalue weighted by atomic mass is 10.2. The van der Waals surface area contributed by atoms with Crippen molar-refractivity contribution in [3.8, 4) is 22.2 Å². The quantitative estimate of drug-likeness (QED) is 0.268. The van der Waals surface area contributed by atoms with Crippen LogP contribution in [0.1, 0.15) is 11.5 Å². The van der Waals surface area contributed by atoms with Gasteiger partial charge >= 0.3 is 5.97 Å². The largest absolute Gasteiger partial charge is 0.465 e. The van der Waals surface area contributed by atoms with Gasteiger partial charge < -0.3 is 13.6 Å². The molecule has 10 heteroatoms. The summed E-state index contributed by atoms with van der Waals surface area (Å²) in [6.45, 7) is -0.0774. The maximum Gasteiger partial charge on any atom is 0.357 e. The lowest BCUT2D eigenvalue weighted by Gasteiger charge is -2.09. The monoisotopic (exact) mass is 445 g/mol. The van der Waals surface area contributed by atoms with E-state index in [9.17, 15) is 4.79 Å². The molecule has 4 aromatic heterocycles. The van der Waals surface area contributed by atoms with Gasteiger partial charge in [-0.2, -0.15) is 4.68 Å². The van der Waals surface area contributed by atoms with Crippen LogP contribution in [-0.2, 0) is 16.1 Å². The molecule has 1 aromatic carbocycles. The summed E-state index contributed by atoms with van der Waals surface area (Å²) < 4.78 is 17.7. The van der Waals surface area contributed by atoms with Crippen LogP contribution in [0.3, 0.4) is 0 Å². The van der Waals surface area contributed by atoms with Crippen molar-refractivity contribution >= 4 is 29.1 Å². The Hall–Kier alpha value is -4.31. The lowest BCUT2D eigenvalue weighted by Crippen LogP contribution is -2.15. The zero-order chi connectivity index (χ0) is 21.8. The number of aromatic nitrogens is 5. The van der Waals surface area contributed by atoms with Crippen molar-refractivity contribution in [2.75, 3.05) is 0 Å². The number of esters is 1. The van der Waals surface area contributed by atoms with Crippen molar-refractivity contribution in [2.45, 2.75) is 6.61 Å². The first kappa shape index (κ1) is 19.6. The zero-order valence-electron chi connectivity index (χ0n) is 16.5. The molecule has 5 aromatic rings. The second-order valence-corrected chi connectivity index (χ2v) is 7.47. The molecule has 0 amide bonds. The van der Waals surface area contributed by atoms with E-state index in [-0.39, 0.29) is 12.3 Å². The molecule has 0 aliphatic carbocycles. The van der Waals surface area contributed by atoms with Gasteiger partial charge in [0.1, 0.15) is 24.3 Å². The van der Waals surface area contributed by atoms with E-state index >= 15 is 0 Å². The number of ether oxygens (including phenoxy) is 1. The highest BCUT2D eigenvalue weighted by molar-refractivity contribution is 7.13. The molecule has 0 aliphatic heterocycles.